The van der Waals surface area contributed by atoms with Crippen molar-refractivity contribution in [2.24, 2.45) is 11.8 Å². The van der Waals surface area contributed by atoms with Crippen LogP contribution >= 0.6 is 0 Å². The number of rotatable bonds is 6. The number of anilines is 2. The summed E-state index contributed by atoms with van der Waals surface area (Å²) in [5, 5.41) is 3.32. The Morgan fingerprint density at radius 3 is 2.62 bits per heavy atom. The van der Waals surface area contributed by atoms with Crippen LogP contribution in [0.15, 0.2) is 6.33 Å². The molecule has 1 saturated heterocycles. The maximum absolute atomic E-state index is 5.57. The van der Waals surface area contributed by atoms with Crippen molar-refractivity contribution in [2.75, 3.05) is 37.0 Å². The van der Waals surface area contributed by atoms with Gasteiger partial charge in [-0.1, -0.05) is 20.8 Å². The van der Waals surface area contributed by atoms with Gasteiger partial charge >= 0.3 is 0 Å². The molecular weight excluding hydrogens is 264 g/mol. The zero-order valence-electron chi connectivity index (χ0n) is 13.7. The van der Waals surface area contributed by atoms with Crippen LogP contribution in [0.4, 0.5) is 11.6 Å². The van der Waals surface area contributed by atoms with Gasteiger partial charge in [0.15, 0.2) is 11.6 Å². The largest absolute Gasteiger partial charge is 0.490 e. The smallest absolute Gasteiger partial charge is 0.204 e. The Balaban J connectivity index is 2.12. The molecule has 1 N–H and O–H groups in total. The first-order chi connectivity index (χ1) is 10.2. The van der Waals surface area contributed by atoms with Crippen molar-refractivity contribution in [3.8, 4) is 5.75 Å². The summed E-state index contributed by atoms with van der Waals surface area (Å²) in [5.41, 5.74) is 0. The van der Waals surface area contributed by atoms with Crippen LogP contribution in [0.3, 0.4) is 0 Å². The fourth-order valence-electron chi connectivity index (χ4n) is 2.92. The van der Waals surface area contributed by atoms with E-state index in [9.17, 15) is 0 Å². The van der Waals surface area contributed by atoms with Crippen molar-refractivity contribution in [1.82, 2.24) is 9.97 Å². The highest BCUT2D eigenvalue weighted by Gasteiger charge is 2.25. The molecule has 21 heavy (non-hydrogen) atoms. The minimum absolute atomic E-state index is 0.765. The van der Waals surface area contributed by atoms with E-state index in [-0.39, 0.29) is 0 Å². The van der Waals surface area contributed by atoms with E-state index in [1.165, 1.54) is 12.8 Å². The molecule has 118 valence electrons. The van der Waals surface area contributed by atoms with E-state index in [0.29, 0.717) is 0 Å². The van der Waals surface area contributed by atoms with Crippen LogP contribution < -0.4 is 15.0 Å². The Bertz CT molecular complexity index is 442. The van der Waals surface area contributed by atoms with Gasteiger partial charge in [-0.25, -0.2) is 9.97 Å². The molecule has 2 heterocycles. The molecule has 0 saturated carbocycles. The second-order valence-electron chi connectivity index (χ2n) is 6.07. The van der Waals surface area contributed by atoms with Crippen molar-refractivity contribution in [3.63, 3.8) is 0 Å². The molecule has 0 spiro atoms. The van der Waals surface area contributed by atoms with E-state index in [1.54, 1.807) is 13.4 Å². The molecular formula is C16H28N4O. The van der Waals surface area contributed by atoms with Gasteiger partial charge in [0.2, 0.25) is 5.75 Å². The van der Waals surface area contributed by atoms with Crippen molar-refractivity contribution in [1.29, 1.82) is 0 Å². The first-order valence-electron chi connectivity index (χ1n) is 8.05. The van der Waals surface area contributed by atoms with Crippen LogP contribution in [0.2, 0.25) is 0 Å². The van der Waals surface area contributed by atoms with Gasteiger partial charge in [0.1, 0.15) is 6.33 Å². The number of hydrogen-bond donors (Lipinski definition) is 1. The predicted octanol–water partition coefficient (Wildman–Crippen LogP) is 3.18. The molecule has 5 nitrogen and oxygen atoms in total. The molecule has 1 aliphatic heterocycles. The summed E-state index contributed by atoms with van der Waals surface area (Å²) in [6.45, 7) is 9.75. The summed E-state index contributed by atoms with van der Waals surface area (Å²) in [6, 6.07) is 0. The zero-order valence-corrected chi connectivity index (χ0v) is 13.7. The number of piperidine rings is 1. The lowest BCUT2D eigenvalue weighted by molar-refractivity contribution is 0.309. The molecule has 0 unspecified atom stereocenters. The van der Waals surface area contributed by atoms with Gasteiger partial charge < -0.3 is 15.0 Å². The quantitative estimate of drug-likeness (QED) is 0.872. The van der Waals surface area contributed by atoms with Gasteiger partial charge in [0.25, 0.3) is 0 Å². The fourth-order valence-corrected chi connectivity index (χ4v) is 2.92. The summed E-state index contributed by atoms with van der Waals surface area (Å²) < 4.78 is 5.57. The first-order valence-corrected chi connectivity index (χ1v) is 8.05. The average Bonchev–Trinajstić information content (AvgIpc) is 2.52. The second-order valence-corrected chi connectivity index (χ2v) is 6.07. The lowest BCUT2D eigenvalue weighted by Gasteiger charge is -2.35. The summed E-state index contributed by atoms with van der Waals surface area (Å²) in [6.07, 6.45) is 5.14. The summed E-state index contributed by atoms with van der Waals surface area (Å²) in [4.78, 5) is 11.1. The molecule has 0 atom stereocenters. The van der Waals surface area contributed by atoms with Crippen molar-refractivity contribution >= 4 is 11.6 Å². The number of nitrogens with one attached hydrogen (secondary N) is 1. The summed E-state index contributed by atoms with van der Waals surface area (Å²) in [5.74, 6) is 4.09. The third-order valence-electron chi connectivity index (χ3n) is 4.31. The standard InChI is InChI=1S/C16H28N4O/c1-5-8-17-15-14(21-4)16(19-11-18-15)20-9-6-13(7-10-20)12(2)3/h11-13H,5-10H2,1-4H3,(H,17,18,19). The van der Waals surface area contributed by atoms with Gasteiger partial charge in [-0.3, -0.25) is 0 Å². The third kappa shape index (κ3) is 3.77. The number of hydrogen-bond acceptors (Lipinski definition) is 5. The number of aromatic nitrogens is 2. The molecule has 1 fully saturated rings. The molecule has 1 aliphatic rings. The molecule has 0 aromatic carbocycles. The monoisotopic (exact) mass is 292 g/mol. The molecule has 5 heteroatoms. The highest BCUT2D eigenvalue weighted by Crippen LogP contribution is 2.35. The summed E-state index contributed by atoms with van der Waals surface area (Å²) >= 11 is 0. The molecule has 0 amide bonds. The van der Waals surface area contributed by atoms with Crippen LogP contribution in [0, 0.1) is 11.8 Å². The minimum atomic E-state index is 0.765. The summed E-state index contributed by atoms with van der Waals surface area (Å²) in [7, 11) is 1.69. The first kappa shape index (κ1) is 15.9. The number of ether oxygens (including phenoxy) is 1. The Morgan fingerprint density at radius 2 is 2.05 bits per heavy atom. The molecule has 1 aromatic heterocycles. The number of methoxy groups -OCH3 is 1. The minimum Gasteiger partial charge on any atom is -0.490 e. The van der Waals surface area contributed by atoms with Crippen LogP contribution in [0.25, 0.3) is 0 Å². The molecule has 0 bridgehead atoms. The maximum Gasteiger partial charge on any atom is 0.204 e. The van der Waals surface area contributed by atoms with Crippen LogP contribution in [-0.4, -0.2) is 36.7 Å². The Kier molecular flexibility index (Phi) is 5.65. The van der Waals surface area contributed by atoms with E-state index in [0.717, 1.165) is 55.3 Å². The maximum atomic E-state index is 5.57. The molecule has 2 rings (SSSR count). The van der Waals surface area contributed by atoms with Crippen molar-refractivity contribution < 1.29 is 4.74 Å². The molecule has 0 radical (unpaired) electrons. The lowest BCUT2D eigenvalue weighted by atomic mass is 9.87. The van der Waals surface area contributed by atoms with Crippen LogP contribution in [0.5, 0.6) is 5.75 Å². The van der Waals surface area contributed by atoms with E-state index in [2.05, 4.69) is 41.0 Å². The lowest BCUT2D eigenvalue weighted by Crippen LogP contribution is -2.36. The van der Waals surface area contributed by atoms with Crippen molar-refractivity contribution in [2.45, 2.75) is 40.0 Å². The highest BCUT2D eigenvalue weighted by molar-refractivity contribution is 5.64. The molecule has 0 aliphatic carbocycles. The van der Waals surface area contributed by atoms with Crippen LogP contribution in [0.1, 0.15) is 40.0 Å². The van der Waals surface area contributed by atoms with Crippen molar-refractivity contribution in [3.05, 3.63) is 6.33 Å². The fraction of sp³-hybridized carbons (Fsp3) is 0.750. The SMILES string of the molecule is CCCNc1ncnc(N2CCC(C(C)C)CC2)c1OC. The van der Waals surface area contributed by atoms with E-state index in [1.807, 2.05) is 0 Å². The predicted molar refractivity (Wildman–Crippen MR) is 87.1 cm³/mol. The second kappa shape index (κ2) is 7.48. The highest BCUT2D eigenvalue weighted by atomic mass is 16.5. The van der Waals surface area contributed by atoms with Gasteiger partial charge in [0.05, 0.1) is 7.11 Å². The Labute approximate surface area is 128 Å². The van der Waals surface area contributed by atoms with E-state index in [4.69, 9.17) is 4.74 Å². The van der Waals surface area contributed by atoms with Gasteiger partial charge in [-0.05, 0) is 31.1 Å². The average molecular weight is 292 g/mol. The zero-order chi connectivity index (χ0) is 15.2. The topological polar surface area (TPSA) is 50.3 Å². The van der Waals surface area contributed by atoms with E-state index >= 15 is 0 Å². The van der Waals surface area contributed by atoms with Gasteiger partial charge in [0, 0.05) is 19.6 Å². The third-order valence-corrected chi connectivity index (χ3v) is 4.31. The van der Waals surface area contributed by atoms with Gasteiger partial charge in [-0.15, -0.1) is 0 Å². The normalized spacial score (nSPS) is 16.3. The number of nitrogens with zero attached hydrogens (tertiary/aromatic N) is 3. The Hall–Kier alpha value is -1.52. The molecule has 1 aromatic rings. The van der Waals surface area contributed by atoms with Crippen LogP contribution in [-0.2, 0) is 0 Å². The Morgan fingerprint density at radius 1 is 1.33 bits per heavy atom. The van der Waals surface area contributed by atoms with E-state index < -0.39 is 0 Å². The van der Waals surface area contributed by atoms with Gasteiger partial charge in [-0.2, -0.15) is 0 Å².